The third kappa shape index (κ3) is 7.35. The topological polar surface area (TPSA) is 77.0 Å². The molecule has 2 N–H and O–H groups in total. The number of carbonyl (C=O) groups is 2. The van der Waals surface area contributed by atoms with Gasteiger partial charge in [-0.05, 0) is 37.3 Å². The van der Waals surface area contributed by atoms with Crippen molar-refractivity contribution in [3.63, 3.8) is 0 Å². The van der Waals surface area contributed by atoms with Crippen LogP contribution in [0.25, 0.3) is 0 Å². The predicted octanol–water partition coefficient (Wildman–Crippen LogP) is 3.13. The molecule has 2 aliphatic rings. The molecule has 0 radical (unpaired) electrons. The lowest BCUT2D eigenvalue weighted by molar-refractivity contribution is -0.135. The predicted molar refractivity (Wildman–Crippen MR) is 139 cm³/mol. The number of benzene rings is 1. The number of carbonyl (C=O) groups excluding carboxylic acids is 2. The van der Waals surface area contributed by atoms with E-state index in [0.717, 1.165) is 57.9 Å². The van der Waals surface area contributed by atoms with Crippen molar-refractivity contribution in [3.8, 4) is 0 Å². The molecule has 0 spiro atoms. The Morgan fingerprint density at radius 3 is 2.28 bits per heavy atom. The first-order valence-electron chi connectivity index (χ1n) is 11.7. The Hall–Kier alpha value is -1.84. The minimum atomic E-state index is 0. The number of halogens is 1. The van der Waals surface area contributed by atoms with E-state index in [4.69, 9.17) is 0 Å². The molecule has 8 heteroatoms. The highest BCUT2D eigenvalue weighted by molar-refractivity contribution is 14.0. The van der Waals surface area contributed by atoms with E-state index < -0.39 is 0 Å². The average Bonchev–Trinajstić information content (AvgIpc) is 3.21. The van der Waals surface area contributed by atoms with Gasteiger partial charge in [0.05, 0.1) is 0 Å². The van der Waals surface area contributed by atoms with E-state index in [1.165, 1.54) is 11.1 Å². The van der Waals surface area contributed by atoms with Crippen LogP contribution in [0.4, 0.5) is 0 Å². The van der Waals surface area contributed by atoms with Gasteiger partial charge in [0, 0.05) is 57.6 Å². The first kappa shape index (κ1) is 26.4. The van der Waals surface area contributed by atoms with Crippen molar-refractivity contribution in [3.05, 3.63) is 35.4 Å². The number of amides is 2. The van der Waals surface area contributed by atoms with Gasteiger partial charge in [0.2, 0.25) is 11.8 Å². The number of nitrogens with one attached hydrogen (secondary N) is 2. The molecule has 1 saturated heterocycles. The highest BCUT2D eigenvalue weighted by Crippen LogP contribution is 2.23. The lowest BCUT2D eigenvalue weighted by Crippen LogP contribution is -2.50. The molecule has 3 rings (SSSR count). The second kappa shape index (κ2) is 13.0. The Labute approximate surface area is 209 Å². The smallest absolute Gasteiger partial charge is 0.225 e. The van der Waals surface area contributed by atoms with E-state index in [1.807, 2.05) is 35.8 Å². The number of likely N-dealkylation sites (tertiary alicyclic amines) is 1. The van der Waals surface area contributed by atoms with Crippen molar-refractivity contribution < 1.29 is 9.59 Å². The zero-order valence-corrected chi connectivity index (χ0v) is 21.9. The molecule has 1 aromatic rings. The number of nitrogens with zero attached hydrogens (tertiary/aromatic N) is 3. The highest BCUT2D eigenvalue weighted by Gasteiger charge is 2.25. The molecule has 2 aliphatic heterocycles. The van der Waals surface area contributed by atoms with Gasteiger partial charge in [-0.2, -0.15) is 0 Å². The summed E-state index contributed by atoms with van der Waals surface area (Å²) >= 11 is 0. The van der Waals surface area contributed by atoms with Crippen LogP contribution in [0.15, 0.2) is 29.3 Å². The molecule has 0 aromatic heterocycles. The Bertz CT molecular complexity index is 765. The van der Waals surface area contributed by atoms with Gasteiger partial charge in [-0.25, -0.2) is 0 Å². The van der Waals surface area contributed by atoms with Crippen LogP contribution in [0.3, 0.4) is 0 Å². The number of piperidine rings is 1. The molecular formula is C24H38IN5O2. The quantitative estimate of drug-likeness (QED) is 0.235. The SMILES string of the molecule is CCNC(=NCCCC(=O)N1Cc2ccccc2C1)NC1CCN(C(=O)C(C)C)CC1.I. The van der Waals surface area contributed by atoms with E-state index >= 15 is 0 Å². The Morgan fingerprint density at radius 2 is 1.72 bits per heavy atom. The number of fused-ring (bicyclic) bond motifs is 1. The van der Waals surface area contributed by atoms with E-state index in [1.54, 1.807) is 0 Å². The third-order valence-corrected chi connectivity index (χ3v) is 6.00. The summed E-state index contributed by atoms with van der Waals surface area (Å²) in [6.45, 7) is 10.4. The van der Waals surface area contributed by atoms with Crippen LogP contribution in [-0.4, -0.2) is 59.8 Å². The van der Waals surface area contributed by atoms with Crippen molar-refractivity contribution in [2.75, 3.05) is 26.2 Å². The van der Waals surface area contributed by atoms with Crippen molar-refractivity contribution >= 4 is 41.8 Å². The van der Waals surface area contributed by atoms with Gasteiger partial charge in [0.25, 0.3) is 0 Å². The normalized spacial score (nSPS) is 16.6. The zero-order valence-electron chi connectivity index (χ0n) is 19.6. The van der Waals surface area contributed by atoms with Crippen LogP contribution in [0.5, 0.6) is 0 Å². The first-order chi connectivity index (χ1) is 15.0. The average molecular weight is 556 g/mol. The van der Waals surface area contributed by atoms with Crippen LogP contribution in [-0.2, 0) is 22.7 Å². The number of hydrogen-bond acceptors (Lipinski definition) is 3. The fourth-order valence-electron chi connectivity index (χ4n) is 4.21. The molecule has 2 heterocycles. The molecule has 0 saturated carbocycles. The number of rotatable bonds is 7. The van der Waals surface area contributed by atoms with Gasteiger partial charge in [-0.15, -0.1) is 24.0 Å². The Balaban J connectivity index is 0.00000363. The first-order valence-corrected chi connectivity index (χ1v) is 11.7. The monoisotopic (exact) mass is 555 g/mol. The number of aliphatic imine (C=N–C) groups is 1. The van der Waals surface area contributed by atoms with Crippen molar-refractivity contribution in [2.45, 2.75) is 65.6 Å². The summed E-state index contributed by atoms with van der Waals surface area (Å²) in [6.07, 6.45) is 3.12. The lowest BCUT2D eigenvalue weighted by Gasteiger charge is -2.34. The molecule has 1 aromatic carbocycles. The van der Waals surface area contributed by atoms with Crippen LogP contribution in [0.1, 0.15) is 57.6 Å². The van der Waals surface area contributed by atoms with Gasteiger partial charge in [0.1, 0.15) is 0 Å². The third-order valence-electron chi connectivity index (χ3n) is 6.00. The van der Waals surface area contributed by atoms with Crippen LogP contribution in [0, 0.1) is 5.92 Å². The molecule has 1 fully saturated rings. The summed E-state index contributed by atoms with van der Waals surface area (Å²) in [5.41, 5.74) is 2.52. The fraction of sp³-hybridized carbons (Fsp3) is 0.625. The van der Waals surface area contributed by atoms with Gasteiger partial charge in [0.15, 0.2) is 5.96 Å². The summed E-state index contributed by atoms with van der Waals surface area (Å²) in [4.78, 5) is 33.3. The minimum Gasteiger partial charge on any atom is -0.357 e. The minimum absolute atomic E-state index is 0. The maximum atomic E-state index is 12.5. The van der Waals surface area contributed by atoms with E-state index in [-0.39, 0.29) is 41.7 Å². The van der Waals surface area contributed by atoms with Gasteiger partial charge >= 0.3 is 0 Å². The molecule has 0 aliphatic carbocycles. The van der Waals surface area contributed by atoms with Crippen LogP contribution >= 0.6 is 24.0 Å². The summed E-state index contributed by atoms with van der Waals surface area (Å²) < 4.78 is 0. The summed E-state index contributed by atoms with van der Waals surface area (Å²) in [5, 5.41) is 6.81. The Kier molecular flexibility index (Phi) is 10.7. The molecular weight excluding hydrogens is 517 g/mol. The zero-order chi connectivity index (χ0) is 22.2. The van der Waals surface area contributed by atoms with E-state index in [9.17, 15) is 9.59 Å². The van der Waals surface area contributed by atoms with Gasteiger partial charge in [-0.1, -0.05) is 38.1 Å². The Morgan fingerprint density at radius 1 is 1.09 bits per heavy atom. The number of guanidine groups is 1. The molecule has 178 valence electrons. The number of hydrogen-bond donors (Lipinski definition) is 2. The summed E-state index contributed by atoms with van der Waals surface area (Å²) in [6, 6.07) is 8.58. The highest BCUT2D eigenvalue weighted by atomic mass is 127. The molecule has 0 unspecified atom stereocenters. The second-order valence-electron chi connectivity index (χ2n) is 8.78. The lowest BCUT2D eigenvalue weighted by atomic mass is 10.0. The molecule has 2 amide bonds. The molecule has 0 bridgehead atoms. The van der Waals surface area contributed by atoms with Crippen molar-refractivity contribution in [1.29, 1.82) is 0 Å². The second-order valence-corrected chi connectivity index (χ2v) is 8.78. The van der Waals surface area contributed by atoms with E-state index in [2.05, 4.69) is 34.7 Å². The largest absolute Gasteiger partial charge is 0.357 e. The molecule has 7 nitrogen and oxygen atoms in total. The molecule has 0 atom stereocenters. The van der Waals surface area contributed by atoms with Crippen molar-refractivity contribution in [2.24, 2.45) is 10.9 Å². The fourth-order valence-corrected chi connectivity index (χ4v) is 4.21. The summed E-state index contributed by atoms with van der Waals surface area (Å²) in [5.74, 6) is 1.30. The van der Waals surface area contributed by atoms with Gasteiger partial charge in [-0.3, -0.25) is 14.6 Å². The standard InChI is InChI=1S/C24H37N5O2.HI/c1-4-25-24(27-21-11-14-28(15-12-21)23(31)18(2)3)26-13-7-10-22(30)29-16-19-8-5-6-9-20(19)17-29;/h5-6,8-9,18,21H,4,7,10-17H2,1-3H3,(H2,25,26,27);1H. The maximum absolute atomic E-state index is 12.5. The van der Waals surface area contributed by atoms with Crippen LogP contribution in [0.2, 0.25) is 0 Å². The van der Waals surface area contributed by atoms with Crippen LogP contribution < -0.4 is 10.6 Å². The summed E-state index contributed by atoms with van der Waals surface area (Å²) in [7, 11) is 0. The molecule has 32 heavy (non-hydrogen) atoms. The van der Waals surface area contributed by atoms with E-state index in [0.29, 0.717) is 19.0 Å². The van der Waals surface area contributed by atoms with Crippen molar-refractivity contribution in [1.82, 2.24) is 20.4 Å². The maximum Gasteiger partial charge on any atom is 0.225 e. The van der Waals surface area contributed by atoms with Gasteiger partial charge < -0.3 is 20.4 Å².